The van der Waals surface area contributed by atoms with E-state index >= 15 is 0 Å². The number of hydrogen-bond acceptors (Lipinski definition) is 3. The van der Waals surface area contributed by atoms with E-state index < -0.39 is 12.1 Å². The fraction of sp³-hybridized carbons (Fsp3) is 0.700. The van der Waals surface area contributed by atoms with E-state index in [1.807, 2.05) is 6.08 Å². The third kappa shape index (κ3) is 1.95. The summed E-state index contributed by atoms with van der Waals surface area (Å²) in [5.41, 5.74) is 0.573. The summed E-state index contributed by atoms with van der Waals surface area (Å²) in [6.45, 7) is 4.23. The molecule has 4 aliphatic carbocycles. The van der Waals surface area contributed by atoms with E-state index in [1.165, 1.54) is 0 Å². The van der Waals surface area contributed by atoms with Crippen LogP contribution in [0.25, 0.3) is 0 Å². The van der Waals surface area contributed by atoms with Crippen molar-refractivity contribution in [1.29, 1.82) is 0 Å². The maximum Gasteiger partial charge on any atom is 0.307 e. The predicted octanol–water partition coefficient (Wildman–Crippen LogP) is 2.97. The highest BCUT2D eigenvalue weighted by atomic mass is 16.4. The van der Waals surface area contributed by atoms with Gasteiger partial charge in [-0.25, -0.2) is 0 Å². The zero-order valence-electron chi connectivity index (χ0n) is 14.4. The Kier molecular flexibility index (Phi) is 3.38. The molecule has 4 nitrogen and oxygen atoms in total. The SMILES string of the molecule is CC12C=CC(=O)C=C1CCC1C2[C@@H](O)CC2(C)C(C(=O)O)CCC12. The molecule has 4 heteroatoms. The Balaban J connectivity index is 1.74. The van der Waals surface area contributed by atoms with Crippen molar-refractivity contribution in [3.63, 3.8) is 0 Å². The molecule has 0 heterocycles. The second-order valence-electron chi connectivity index (χ2n) is 8.77. The Hall–Kier alpha value is -1.42. The first-order valence-electron chi connectivity index (χ1n) is 9.12. The van der Waals surface area contributed by atoms with Crippen LogP contribution in [0.1, 0.15) is 46.0 Å². The van der Waals surface area contributed by atoms with Gasteiger partial charge in [-0.15, -0.1) is 0 Å². The Morgan fingerprint density at radius 3 is 2.71 bits per heavy atom. The summed E-state index contributed by atoms with van der Waals surface area (Å²) in [4.78, 5) is 23.5. The zero-order valence-corrected chi connectivity index (χ0v) is 14.4. The highest BCUT2D eigenvalue weighted by Crippen LogP contribution is 2.65. The van der Waals surface area contributed by atoms with Gasteiger partial charge in [0.15, 0.2) is 5.78 Å². The Labute approximate surface area is 142 Å². The number of carboxylic acids is 1. The lowest BCUT2D eigenvalue weighted by atomic mass is 9.47. The van der Waals surface area contributed by atoms with Gasteiger partial charge < -0.3 is 10.2 Å². The van der Waals surface area contributed by atoms with Gasteiger partial charge in [-0.1, -0.05) is 25.5 Å². The van der Waals surface area contributed by atoms with Gasteiger partial charge in [0, 0.05) is 11.3 Å². The molecule has 130 valence electrons. The molecule has 4 aliphatic rings. The lowest BCUT2D eigenvalue weighted by molar-refractivity contribution is -0.155. The maximum absolute atomic E-state index is 11.8. The molecule has 0 saturated heterocycles. The number of aliphatic hydroxyl groups is 1. The molecule has 3 fully saturated rings. The van der Waals surface area contributed by atoms with Crippen molar-refractivity contribution in [1.82, 2.24) is 0 Å². The molecule has 0 spiro atoms. The molecular weight excluding hydrogens is 304 g/mol. The van der Waals surface area contributed by atoms with Gasteiger partial charge >= 0.3 is 5.97 Å². The van der Waals surface area contributed by atoms with Crippen molar-refractivity contribution in [3.05, 3.63) is 23.8 Å². The summed E-state index contributed by atoms with van der Waals surface area (Å²) >= 11 is 0. The summed E-state index contributed by atoms with van der Waals surface area (Å²) in [6.07, 6.45) is 8.94. The average Bonchev–Trinajstić information content (AvgIpc) is 2.84. The van der Waals surface area contributed by atoms with Crippen molar-refractivity contribution in [2.75, 3.05) is 0 Å². The van der Waals surface area contributed by atoms with E-state index in [9.17, 15) is 19.8 Å². The Bertz CT molecular complexity index is 663. The Morgan fingerprint density at radius 2 is 2.00 bits per heavy atom. The third-order valence-electron chi connectivity index (χ3n) is 7.79. The van der Waals surface area contributed by atoms with Crippen LogP contribution in [-0.2, 0) is 9.59 Å². The van der Waals surface area contributed by atoms with Crippen LogP contribution in [-0.4, -0.2) is 28.1 Å². The van der Waals surface area contributed by atoms with Crippen LogP contribution < -0.4 is 0 Å². The van der Waals surface area contributed by atoms with Crippen molar-refractivity contribution in [2.24, 2.45) is 34.5 Å². The molecular formula is C20H26O4. The minimum atomic E-state index is -0.712. The number of allylic oxidation sites excluding steroid dienone is 4. The second kappa shape index (κ2) is 5.04. The molecule has 24 heavy (non-hydrogen) atoms. The predicted molar refractivity (Wildman–Crippen MR) is 89.1 cm³/mol. The molecule has 4 rings (SSSR count). The molecule has 0 aromatic rings. The summed E-state index contributed by atoms with van der Waals surface area (Å²) in [5, 5.41) is 20.7. The summed E-state index contributed by atoms with van der Waals surface area (Å²) in [7, 11) is 0. The topological polar surface area (TPSA) is 74.6 Å². The fourth-order valence-corrected chi connectivity index (χ4v) is 6.73. The highest BCUT2D eigenvalue weighted by molar-refractivity contribution is 6.01. The zero-order chi connectivity index (χ0) is 17.3. The number of hydrogen-bond donors (Lipinski definition) is 2. The minimum Gasteiger partial charge on any atom is -0.481 e. The van der Waals surface area contributed by atoms with E-state index in [0.29, 0.717) is 18.3 Å². The van der Waals surface area contributed by atoms with Crippen molar-refractivity contribution < 1.29 is 19.8 Å². The number of ketones is 1. The number of carbonyl (C=O) groups is 2. The van der Waals surface area contributed by atoms with E-state index in [0.717, 1.165) is 31.3 Å². The maximum atomic E-state index is 11.8. The van der Waals surface area contributed by atoms with Gasteiger partial charge in [0.2, 0.25) is 0 Å². The summed E-state index contributed by atoms with van der Waals surface area (Å²) in [5.74, 6) is -0.224. The second-order valence-corrected chi connectivity index (χ2v) is 8.77. The fourth-order valence-electron chi connectivity index (χ4n) is 6.73. The van der Waals surface area contributed by atoms with E-state index in [4.69, 9.17) is 0 Å². The van der Waals surface area contributed by atoms with Crippen LogP contribution in [0.5, 0.6) is 0 Å². The van der Waals surface area contributed by atoms with Crippen LogP contribution in [0.2, 0.25) is 0 Å². The number of aliphatic carboxylic acids is 1. The molecule has 7 atom stereocenters. The van der Waals surface area contributed by atoms with Crippen LogP contribution in [0.15, 0.2) is 23.8 Å². The number of carboxylic acid groups (broad SMARTS) is 1. The molecule has 6 unspecified atom stereocenters. The average molecular weight is 330 g/mol. The number of carbonyl (C=O) groups excluding carboxylic acids is 1. The van der Waals surface area contributed by atoms with Gasteiger partial charge in [-0.2, -0.15) is 0 Å². The molecule has 3 saturated carbocycles. The van der Waals surface area contributed by atoms with Gasteiger partial charge in [0.25, 0.3) is 0 Å². The quantitative estimate of drug-likeness (QED) is 0.775. The monoisotopic (exact) mass is 330 g/mol. The van der Waals surface area contributed by atoms with Crippen molar-refractivity contribution in [3.8, 4) is 0 Å². The summed E-state index contributed by atoms with van der Waals surface area (Å²) in [6, 6.07) is 0. The standard InChI is InChI=1S/C20H26O4/c1-19-8-7-12(21)9-11(19)3-4-13-14-5-6-15(18(23)24)20(14,2)10-16(22)17(13)19/h7-9,13-17,22H,3-6,10H2,1-2H3,(H,23,24)/t13?,14?,15?,16-,17?,19?,20?/m0/s1. The van der Waals surface area contributed by atoms with Crippen LogP contribution >= 0.6 is 0 Å². The van der Waals surface area contributed by atoms with Gasteiger partial charge in [-0.05, 0) is 61.5 Å². The van der Waals surface area contributed by atoms with Crippen LogP contribution in [0.4, 0.5) is 0 Å². The van der Waals surface area contributed by atoms with Gasteiger partial charge in [0.1, 0.15) is 0 Å². The smallest absolute Gasteiger partial charge is 0.307 e. The molecule has 0 aromatic carbocycles. The molecule has 0 aliphatic heterocycles. The highest BCUT2D eigenvalue weighted by Gasteiger charge is 2.62. The minimum absolute atomic E-state index is 0.0443. The lowest BCUT2D eigenvalue weighted by Gasteiger charge is -2.58. The van der Waals surface area contributed by atoms with Crippen LogP contribution in [0.3, 0.4) is 0 Å². The van der Waals surface area contributed by atoms with Crippen molar-refractivity contribution >= 4 is 11.8 Å². The normalized spacial score (nSPS) is 49.9. The number of rotatable bonds is 1. The Morgan fingerprint density at radius 1 is 1.25 bits per heavy atom. The van der Waals surface area contributed by atoms with Crippen molar-refractivity contribution in [2.45, 2.75) is 52.1 Å². The molecule has 2 N–H and O–H groups in total. The number of fused-ring (bicyclic) bond motifs is 5. The van der Waals surface area contributed by atoms with E-state index in [-0.39, 0.29) is 28.4 Å². The molecule has 0 radical (unpaired) electrons. The number of aliphatic hydroxyl groups excluding tert-OH is 1. The molecule has 0 bridgehead atoms. The third-order valence-corrected chi connectivity index (χ3v) is 7.79. The van der Waals surface area contributed by atoms with E-state index in [1.54, 1.807) is 12.2 Å². The van der Waals surface area contributed by atoms with Gasteiger partial charge in [0.05, 0.1) is 12.0 Å². The molecule has 0 amide bonds. The summed E-state index contributed by atoms with van der Waals surface area (Å²) < 4.78 is 0. The van der Waals surface area contributed by atoms with Crippen LogP contribution in [0, 0.1) is 34.5 Å². The molecule has 0 aromatic heterocycles. The lowest BCUT2D eigenvalue weighted by Crippen LogP contribution is -2.56. The first-order valence-corrected chi connectivity index (χ1v) is 9.12. The first kappa shape index (κ1) is 16.1. The van der Waals surface area contributed by atoms with Gasteiger partial charge in [-0.3, -0.25) is 9.59 Å². The van der Waals surface area contributed by atoms with E-state index in [2.05, 4.69) is 13.8 Å². The first-order chi connectivity index (χ1) is 11.3. The largest absolute Gasteiger partial charge is 0.481 e.